The lowest BCUT2D eigenvalue weighted by atomic mass is 9.43. The lowest BCUT2D eigenvalue weighted by molar-refractivity contribution is -0.266. The fourth-order valence-corrected chi connectivity index (χ4v) is 10.1. The van der Waals surface area contributed by atoms with Gasteiger partial charge in [0.1, 0.15) is 0 Å². The Morgan fingerprint density at radius 2 is 1.96 bits per heavy atom. The minimum atomic E-state index is -0.858. The van der Waals surface area contributed by atoms with Crippen LogP contribution in [-0.2, 0) is 4.74 Å². The van der Waals surface area contributed by atoms with E-state index in [4.69, 9.17) is 4.74 Å². The standard InChI is InChI=1S/C22H35NO4/c1-4-23-10-20(2)6-5-16(24)22-12-7-11-14(27-3)9-21(26,17(12)18(11)25)13(19(22)23)8-15(20)22/h11-19,24-26H,4-10H2,1-3H3/t11-,12-,13+,14+,15-,16+,17?,18?,19?,20+,21+,22-/m1/s1. The van der Waals surface area contributed by atoms with Crippen LogP contribution in [-0.4, -0.2) is 70.4 Å². The van der Waals surface area contributed by atoms with Crippen molar-refractivity contribution >= 4 is 0 Å². The number of ether oxygens (including phenoxy) is 1. The SMILES string of the molecule is CCN1C[C@]2(C)CC[C@H](O)[C@]34C1[C@H](C[C@H]23)[C@@]1(O)C[C@H](OC)[C@H]2C[C@@H]4C1C2O. The van der Waals surface area contributed by atoms with Gasteiger partial charge in [-0.05, 0) is 49.5 Å². The fraction of sp³-hybridized carbons (Fsp3) is 1.00. The Hall–Kier alpha value is -0.200. The number of rotatable bonds is 2. The van der Waals surface area contributed by atoms with Gasteiger partial charge in [0.05, 0.1) is 23.9 Å². The molecule has 6 aliphatic rings. The molecule has 7 bridgehead atoms. The van der Waals surface area contributed by atoms with Crippen LogP contribution in [0.2, 0.25) is 0 Å². The molecule has 0 aromatic heterocycles. The number of aliphatic hydroxyl groups excluding tert-OH is 2. The molecule has 3 N–H and O–H groups in total. The molecule has 0 amide bonds. The number of methoxy groups -OCH3 is 1. The van der Waals surface area contributed by atoms with E-state index in [1.54, 1.807) is 7.11 Å². The Kier molecular flexibility index (Phi) is 3.33. The first kappa shape index (κ1) is 17.6. The third-order valence-corrected chi connectivity index (χ3v) is 10.7. The molecule has 152 valence electrons. The molecule has 6 fully saturated rings. The van der Waals surface area contributed by atoms with Crippen molar-refractivity contribution in [1.29, 1.82) is 0 Å². The second-order valence-corrected chi connectivity index (χ2v) is 11.1. The lowest BCUT2D eigenvalue weighted by Crippen LogP contribution is -2.75. The highest BCUT2D eigenvalue weighted by Gasteiger charge is 2.82. The molecular formula is C22H35NO4. The predicted octanol–water partition coefficient (Wildman–Crippen LogP) is 1.25. The Labute approximate surface area is 162 Å². The smallest absolute Gasteiger partial charge is 0.0771 e. The zero-order valence-corrected chi connectivity index (χ0v) is 16.8. The Balaban J connectivity index is 1.59. The number of fused-ring (bicyclic) bond motifs is 2. The topological polar surface area (TPSA) is 73.2 Å². The van der Waals surface area contributed by atoms with Gasteiger partial charge in [0.2, 0.25) is 0 Å². The normalized spacial score (nSPS) is 66.2. The summed E-state index contributed by atoms with van der Waals surface area (Å²) >= 11 is 0. The molecule has 1 heterocycles. The monoisotopic (exact) mass is 377 g/mol. The van der Waals surface area contributed by atoms with E-state index < -0.39 is 11.7 Å². The van der Waals surface area contributed by atoms with Gasteiger partial charge in [-0.1, -0.05) is 13.8 Å². The molecule has 5 aliphatic carbocycles. The van der Waals surface area contributed by atoms with Crippen molar-refractivity contribution in [3.05, 3.63) is 0 Å². The van der Waals surface area contributed by atoms with Crippen molar-refractivity contribution in [2.45, 2.75) is 75.9 Å². The quantitative estimate of drug-likeness (QED) is 0.676. The van der Waals surface area contributed by atoms with E-state index in [0.717, 1.165) is 38.8 Å². The molecule has 1 saturated heterocycles. The Morgan fingerprint density at radius 3 is 2.67 bits per heavy atom. The van der Waals surface area contributed by atoms with Gasteiger partial charge < -0.3 is 20.1 Å². The number of hydrogen-bond acceptors (Lipinski definition) is 5. The maximum Gasteiger partial charge on any atom is 0.0771 e. The number of aliphatic hydroxyl groups is 3. The van der Waals surface area contributed by atoms with Gasteiger partial charge in [0, 0.05) is 49.3 Å². The molecule has 1 spiro atoms. The van der Waals surface area contributed by atoms with Crippen molar-refractivity contribution in [1.82, 2.24) is 4.90 Å². The van der Waals surface area contributed by atoms with E-state index in [1.807, 2.05) is 0 Å². The van der Waals surface area contributed by atoms with Crippen molar-refractivity contribution < 1.29 is 20.1 Å². The van der Waals surface area contributed by atoms with Crippen molar-refractivity contribution in [3.63, 3.8) is 0 Å². The zero-order valence-electron chi connectivity index (χ0n) is 16.8. The van der Waals surface area contributed by atoms with E-state index >= 15 is 0 Å². The van der Waals surface area contributed by atoms with Gasteiger partial charge in [-0.15, -0.1) is 0 Å². The molecular weight excluding hydrogens is 342 g/mol. The summed E-state index contributed by atoms with van der Waals surface area (Å²) in [5, 5.41) is 34.9. The van der Waals surface area contributed by atoms with Crippen LogP contribution in [0, 0.1) is 40.4 Å². The van der Waals surface area contributed by atoms with Crippen molar-refractivity contribution in [2.24, 2.45) is 40.4 Å². The van der Waals surface area contributed by atoms with Crippen LogP contribution in [0.5, 0.6) is 0 Å². The van der Waals surface area contributed by atoms with Gasteiger partial charge in [0.15, 0.2) is 0 Å². The highest BCUT2D eigenvalue weighted by Crippen LogP contribution is 2.78. The van der Waals surface area contributed by atoms with Gasteiger partial charge in [0.25, 0.3) is 0 Å². The average Bonchev–Trinajstić information content (AvgIpc) is 3.07. The fourth-order valence-electron chi connectivity index (χ4n) is 10.1. The lowest BCUT2D eigenvalue weighted by Gasteiger charge is -2.68. The third kappa shape index (κ3) is 1.66. The summed E-state index contributed by atoms with van der Waals surface area (Å²) < 4.78 is 5.79. The molecule has 1 aliphatic heterocycles. The van der Waals surface area contributed by atoms with Crippen LogP contribution in [0.25, 0.3) is 0 Å². The van der Waals surface area contributed by atoms with Crippen LogP contribution in [0.1, 0.15) is 46.0 Å². The molecule has 5 nitrogen and oxygen atoms in total. The molecule has 5 heteroatoms. The molecule has 0 aromatic rings. The Morgan fingerprint density at radius 1 is 1.19 bits per heavy atom. The molecule has 6 rings (SSSR count). The van der Waals surface area contributed by atoms with Crippen molar-refractivity contribution in [3.8, 4) is 0 Å². The second kappa shape index (κ2) is 5.10. The van der Waals surface area contributed by atoms with Crippen LogP contribution in [0.15, 0.2) is 0 Å². The summed E-state index contributed by atoms with van der Waals surface area (Å²) in [5.41, 5.74) is -0.788. The number of piperidine rings is 1. The number of nitrogens with zero attached hydrogens (tertiary/aromatic N) is 1. The molecule has 0 aromatic carbocycles. The molecule has 3 unspecified atom stereocenters. The predicted molar refractivity (Wildman–Crippen MR) is 99.9 cm³/mol. The summed E-state index contributed by atoms with van der Waals surface area (Å²) in [7, 11) is 1.73. The molecule has 27 heavy (non-hydrogen) atoms. The minimum absolute atomic E-state index is 0.0657. The first-order chi connectivity index (χ1) is 12.8. The maximum absolute atomic E-state index is 12.1. The highest BCUT2D eigenvalue weighted by atomic mass is 16.5. The first-order valence-electron chi connectivity index (χ1n) is 11.2. The largest absolute Gasteiger partial charge is 0.392 e. The van der Waals surface area contributed by atoms with Gasteiger partial charge in [-0.25, -0.2) is 0 Å². The summed E-state index contributed by atoms with van der Waals surface area (Å²) in [6, 6.07) is 0.253. The second-order valence-electron chi connectivity index (χ2n) is 11.1. The van der Waals surface area contributed by atoms with Crippen LogP contribution in [0.3, 0.4) is 0 Å². The summed E-state index contributed by atoms with van der Waals surface area (Å²) in [5.74, 6) is 0.840. The maximum atomic E-state index is 12.1. The van der Waals surface area contributed by atoms with Gasteiger partial charge in [-0.2, -0.15) is 0 Å². The van der Waals surface area contributed by atoms with Crippen LogP contribution >= 0.6 is 0 Å². The summed E-state index contributed by atoms with van der Waals surface area (Å²) in [6.07, 6.45) is 3.66. The molecule has 12 atom stereocenters. The minimum Gasteiger partial charge on any atom is -0.392 e. The molecule has 5 saturated carbocycles. The number of likely N-dealkylation sites (tertiary alicyclic amines) is 1. The molecule has 0 radical (unpaired) electrons. The third-order valence-electron chi connectivity index (χ3n) is 10.7. The van der Waals surface area contributed by atoms with E-state index in [2.05, 4.69) is 18.7 Å². The van der Waals surface area contributed by atoms with E-state index in [9.17, 15) is 15.3 Å². The van der Waals surface area contributed by atoms with E-state index in [0.29, 0.717) is 12.3 Å². The van der Waals surface area contributed by atoms with Gasteiger partial charge in [-0.3, -0.25) is 4.90 Å². The zero-order chi connectivity index (χ0) is 18.9. The number of hydrogen-bond donors (Lipinski definition) is 3. The first-order valence-corrected chi connectivity index (χ1v) is 11.2. The van der Waals surface area contributed by atoms with E-state index in [1.165, 1.54) is 0 Å². The summed E-state index contributed by atoms with van der Waals surface area (Å²) in [6.45, 7) is 6.74. The Bertz CT molecular complexity index is 673. The summed E-state index contributed by atoms with van der Waals surface area (Å²) in [4.78, 5) is 2.60. The van der Waals surface area contributed by atoms with Gasteiger partial charge >= 0.3 is 0 Å². The highest BCUT2D eigenvalue weighted by molar-refractivity contribution is 5.32. The van der Waals surface area contributed by atoms with Crippen molar-refractivity contribution in [2.75, 3.05) is 20.2 Å². The van der Waals surface area contributed by atoms with E-state index in [-0.39, 0.29) is 52.8 Å². The van der Waals surface area contributed by atoms with Crippen LogP contribution < -0.4 is 0 Å². The average molecular weight is 378 g/mol. The van der Waals surface area contributed by atoms with Crippen LogP contribution in [0.4, 0.5) is 0 Å².